The lowest BCUT2D eigenvalue weighted by atomic mass is 9.91. The molecule has 0 atom stereocenters. The average Bonchev–Trinajstić information content (AvgIpc) is 2.90. The van der Waals surface area contributed by atoms with Crippen molar-refractivity contribution in [2.24, 2.45) is 0 Å². The van der Waals surface area contributed by atoms with Crippen LogP contribution in [0.4, 0.5) is 0 Å². The van der Waals surface area contributed by atoms with Gasteiger partial charge in [-0.25, -0.2) is 17.9 Å². The molecule has 0 fully saturated rings. The van der Waals surface area contributed by atoms with Gasteiger partial charge in [-0.05, 0) is 32.3 Å². The van der Waals surface area contributed by atoms with Crippen LogP contribution in [-0.4, -0.2) is 29.6 Å². The van der Waals surface area contributed by atoms with Gasteiger partial charge in [-0.1, -0.05) is 20.8 Å². The first-order chi connectivity index (χ1) is 9.75. The Balaban J connectivity index is 3.23. The van der Waals surface area contributed by atoms with Gasteiger partial charge in [0.05, 0.1) is 0 Å². The molecule has 0 bridgehead atoms. The average molecular weight is 316 g/mol. The summed E-state index contributed by atoms with van der Waals surface area (Å²) in [6.07, 6.45) is 3.41. The second kappa shape index (κ2) is 6.62. The number of aromatic carboxylic acids is 1. The Labute approximate surface area is 126 Å². The van der Waals surface area contributed by atoms with E-state index in [0.717, 1.165) is 0 Å². The number of carboxylic acid groups (broad SMARTS) is 1. The Morgan fingerprint density at radius 3 is 2.10 bits per heavy atom. The van der Waals surface area contributed by atoms with E-state index >= 15 is 0 Å². The van der Waals surface area contributed by atoms with Crippen molar-refractivity contribution in [3.63, 3.8) is 0 Å². The van der Waals surface area contributed by atoms with E-state index in [0.29, 0.717) is 25.8 Å². The van der Waals surface area contributed by atoms with Gasteiger partial charge in [-0.3, -0.25) is 0 Å². The summed E-state index contributed by atoms with van der Waals surface area (Å²) in [6.45, 7) is 7.99. The van der Waals surface area contributed by atoms with Crippen LogP contribution < -0.4 is 4.72 Å². The number of hydrogen-bond acceptors (Lipinski definition) is 3. The number of aryl methyl sites for hydroxylation is 1. The third-order valence-electron chi connectivity index (χ3n) is 4.12. The maximum Gasteiger partial charge on any atom is 0.352 e. The minimum absolute atomic E-state index is 0.00137. The maximum absolute atomic E-state index is 12.5. The highest BCUT2D eigenvalue weighted by molar-refractivity contribution is 7.89. The maximum atomic E-state index is 12.5. The molecule has 0 aliphatic rings. The summed E-state index contributed by atoms with van der Waals surface area (Å²) in [7, 11) is -3.73. The quantitative estimate of drug-likeness (QED) is 0.771. The first-order valence-corrected chi connectivity index (χ1v) is 8.71. The fraction of sp³-hybridized carbons (Fsp3) is 0.643. The van der Waals surface area contributed by atoms with E-state index in [-0.39, 0.29) is 10.6 Å². The molecular formula is C14H24N2O4S. The Hall–Kier alpha value is -1.34. The van der Waals surface area contributed by atoms with Crippen LogP contribution >= 0.6 is 0 Å². The van der Waals surface area contributed by atoms with Crippen LogP contribution in [0.15, 0.2) is 17.2 Å². The van der Waals surface area contributed by atoms with Crippen molar-refractivity contribution >= 4 is 16.0 Å². The molecule has 0 aliphatic carbocycles. The minimum Gasteiger partial charge on any atom is -0.477 e. The highest BCUT2D eigenvalue weighted by atomic mass is 32.2. The van der Waals surface area contributed by atoms with Crippen molar-refractivity contribution in [1.82, 2.24) is 9.29 Å². The molecule has 1 aromatic heterocycles. The number of hydrogen-bond donors (Lipinski definition) is 2. The number of aromatic nitrogens is 1. The summed E-state index contributed by atoms with van der Waals surface area (Å²) < 4.78 is 29.2. The lowest BCUT2D eigenvalue weighted by Gasteiger charge is -2.31. The highest BCUT2D eigenvalue weighted by Gasteiger charge is 2.31. The number of carboxylic acids is 1. The van der Waals surface area contributed by atoms with Crippen molar-refractivity contribution in [2.45, 2.75) is 63.9 Å². The molecule has 1 heterocycles. The molecule has 0 amide bonds. The zero-order valence-corrected chi connectivity index (χ0v) is 13.8. The van der Waals surface area contributed by atoms with Crippen molar-refractivity contribution in [2.75, 3.05) is 0 Å². The normalized spacial score (nSPS) is 12.6. The molecule has 0 saturated carbocycles. The SMILES string of the molecule is CCn1cc(S(=O)(=O)NC(CC)(CC)CC)cc1C(=O)O. The van der Waals surface area contributed by atoms with E-state index < -0.39 is 21.5 Å². The van der Waals surface area contributed by atoms with E-state index in [1.54, 1.807) is 6.92 Å². The summed E-state index contributed by atoms with van der Waals surface area (Å²) in [6, 6.07) is 1.21. The molecule has 0 aromatic carbocycles. The number of nitrogens with zero attached hydrogens (tertiary/aromatic N) is 1. The van der Waals surface area contributed by atoms with Gasteiger partial charge < -0.3 is 9.67 Å². The van der Waals surface area contributed by atoms with Gasteiger partial charge >= 0.3 is 5.97 Å². The van der Waals surface area contributed by atoms with E-state index in [1.807, 2.05) is 20.8 Å². The van der Waals surface area contributed by atoms with Crippen LogP contribution in [0.25, 0.3) is 0 Å². The Morgan fingerprint density at radius 2 is 1.76 bits per heavy atom. The lowest BCUT2D eigenvalue weighted by molar-refractivity contribution is 0.0685. The Bertz CT molecular complexity index is 592. The molecule has 21 heavy (non-hydrogen) atoms. The molecule has 0 aliphatic heterocycles. The van der Waals surface area contributed by atoms with E-state index in [2.05, 4.69) is 4.72 Å². The lowest BCUT2D eigenvalue weighted by Crippen LogP contribution is -2.46. The predicted octanol–water partition coefficient (Wildman–Crippen LogP) is 2.45. The summed E-state index contributed by atoms with van der Waals surface area (Å²) in [5, 5.41) is 9.11. The first kappa shape index (κ1) is 17.7. The number of sulfonamides is 1. The van der Waals surface area contributed by atoms with Gasteiger partial charge in [-0.2, -0.15) is 0 Å². The zero-order valence-electron chi connectivity index (χ0n) is 13.0. The molecule has 2 N–H and O–H groups in total. The summed E-state index contributed by atoms with van der Waals surface area (Å²) in [5.41, 5.74) is -0.510. The van der Waals surface area contributed by atoms with Gasteiger partial charge in [0.1, 0.15) is 10.6 Å². The second-order valence-electron chi connectivity index (χ2n) is 5.10. The van der Waals surface area contributed by atoms with Crippen molar-refractivity contribution in [1.29, 1.82) is 0 Å². The van der Waals surface area contributed by atoms with E-state index in [4.69, 9.17) is 5.11 Å². The largest absolute Gasteiger partial charge is 0.477 e. The van der Waals surface area contributed by atoms with Gasteiger partial charge in [0.2, 0.25) is 10.0 Å². The number of rotatable bonds is 8. The first-order valence-electron chi connectivity index (χ1n) is 7.22. The van der Waals surface area contributed by atoms with Crippen molar-refractivity contribution in [3.05, 3.63) is 18.0 Å². The van der Waals surface area contributed by atoms with Crippen LogP contribution in [0.2, 0.25) is 0 Å². The topological polar surface area (TPSA) is 88.4 Å². The highest BCUT2D eigenvalue weighted by Crippen LogP contribution is 2.24. The molecule has 1 rings (SSSR count). The van der Waals surface area contributed by atoms with Crippen LogP contribution in [0.3, 0.4) is 0 Å². The predicted molar refractivity (Wildman–Crippen MR) is 81.0 cm³/mol. The molecule has 7 heteroatoms. The molecule has 0 spiro atoms. The Morgan fingerprint density at radius 1 is 1.24 bits per heavy atom. The molecule has 1 aromatic rings. The van der Waals surface area contributed by atoms with E-state index in [1.165, 1.54) is 16.8 Å². The monoisotopic (exact) mass is 316 g/mol. The molecule has 120 valence electrons. The minimum atomic E-state index is -3.73. The van der Waals surface area contributed by atoms with Gasteiger partial charge in [0.25, 0.3) is 0 Å². The van der Waals surface area contributed by atoms with Gasteiger partial charge in [0.15, 0.2) is 0 Å². The standard InChI is InChI=1S/C14H24N2O4S/c1-5-14(6-2,7-3)15-21(19,20)11-9-12(13(17)18)16(8-4)10-11/h9-10,15H,5-8H2,1-4H3,(H,17,18). The zero-order chi connectivity index (χ0) is 16.3. The molecule has 0 radical (unpaired) electrons. The third kappa shape index (κ3) is 3.65. The smallest absolute Gasteiger partial charge is 0.352 e. The van der Waals surface area contributed by atoms with Crippen molar-refractivity contribution < 1.29 is 18.3 Å². The fourth-order valence-corrected chi connectivity index (χ4v) is 4.04. The summed E-state index contributed by atoms with van der Waals surface area (Å²) in [5.74, 6) is -1.13. The molecule has 6 nitrogen and oxygen atoms in total. The Kier molecular flexibility index (Phi) is 5.58. The number of carbonyl (C=O) groups is 1. The third-order valence-corrected chi connectivity index (χ3v) is 5.67. The van der Waals surface area contributed by atoms with Gasteiger partial charge in [-0.15, -0.1) is 0 Å². The summed E-state index contributed by atoms with van der Waals surface area (Å²) in [4.78, 5) is 11.1. The second-order valence-corrected chi connectivity index (χ2v) is 6.78. The van der Waals surface area contributed by atoms with Crippen LogP contribution in [0.5, 0.6) is 0 Å². The molecule has 0 saturated heterocycles. The van der Waals surface area contributed by atoms with E-state index in [9.17, 15) is 13.2 Å². The molecule has 0 unspecified atom stereocenters. The van der Waals surface area contributed by atoms with Gasteiger partial charge in [0, 0.05) is 18.3 Å². The fourth-order valence-electron chi connectivity index (χ4n) is 2.38. The summed E-state index contributed by atoms with van der Waals surface area (Å²) >= 11 is 0. The number of nitrogens with one attached hydrogen (secondary N) is 1. The van der Waals surface area contributed by atoms with Crippen LogP contribution in [0.1, 0.15) is 57.4 Å². The van der Waals surface area contributed by atoms with Crippen LogP contribution in [-0.2, 0) is 16.6 Å². The molecular weight excluding hydrogens is 292 g/mol. The van der Waals surface area contributed by atoms with Crippen molar-refractivity contribution in [3.8, 4) is 0 Å². The van der Waals surface area contributed by atoms with Crippen LogP contribution in [0, 0.1) is 0 Å².